The molecule has 168 valence electrons. The molecule has 0 spiro atoms. The van der Waals surface area contributed by atoms with Crippen LogP contribution in [0, 0.1) is 13.8 Å². The van der Waals surface area contributed by atoms with Crippen LogP contribution in [-0.4, -0.2) is 39.5 Å². The molecular formula is C20H24N2O7S2. The summed E-state index contributed by atoms with van der Waals surface area (Å²) in [6.07, 6.45) is 0.584. The number of hydrogen-bond acceptors (Lipinski definition) is 8. The number of benzene rings is 1. The van der Waals surface area contributed by atoms with Gasteiger partial charge in [-0.05, 0) is 50.5 Å². The molecule has 0 unspecified atom stereocenters. The summed E-state index contributed by atoms with van der Waals surface area (Å²) in [6, 6.07) is 3.79. The Morgan fingerprint density at radius 1 is 1.10 bits per heavy atom. The van der Waals surface area contributed by atoms with Crippen LogP contribution in [0.25, 0.3) is 0 Å². The van der Waals surface area contributed by atoms with Crippen LogP contribution in [0.5, 0.6) is 0 Å². The van der Waals surface area contributed by atoms with E-state index >= 15 is 0 Å². The van der Waals surface area contributed by atoms with Crippen molar-refractivity contribution in [2.45, 2.75) is 39.0 Å². The van der Waals surface area contributed by atoms with Gasteiger partial charge in [0.15, 0.2) is 6.61 Å². The van der Waals surface area contributed by atoms with Crippen LogP contribution in [-0.2, 0) is 30.7 Å². The van der Waals surface area contributed by atoms with Crippen molar-refractivity contribution in [2.75, 3.05) is 18.5 Å². The number of aryl methyl sites for hydroxylation is 2. The second-order valence-corrected chi connectivity index (χ2v) is 9.35. The topological polar surface area (TPSA) is 142 Å². The van der Waals surface area contributed by atoms with E-state index in [-0.39, 0.29) is 17.1 Å². The molecule has 31 heavy (non-hydrogen) atoms. The summed E-state index contributed by atoms with van der Waals surface area (Å²) in [5.41, 5.74) is 1.52. The Bertz CT molecular complexity index is 1120. The molecule has 0 radical (unpaired) electrons. The number of rotatable bonds is 8. The highest BCUT2D eigenvalue weighted by molar-refractivity contribution is 7.89. The van der Waals surface area contributed by atoms with Crippen LogP contribution in [0.1, 0.15) is 50.6 Å². The number of anilines is 1. The molecule has 2 aromatic rings. The van der Waals surface area contributed by atoms with Gasteiger partial charge in [-0.15, -0.1) is 11.3 Å². The standard InChI is InChI=1S/C20H24N2O7S2/c1-5-14-12(4)30-18(17(14)20(25)28-6-2)22-16(23)10-29-19(24)15-9-13(31(21,26)27)8-7-11(15)3/h7-9H,5-6,10H2,1-4H3,(H,22,23)(H2,21,26,27). The van der Waals surface area contributed by atoms with Gasteiger partial charge in [0, 0.05) is 4.88 Å². The number of primary sulfonamides is 1. The molecule has 11 heteroatoms. The lowest BCUT2D eigenvalue weighted by molar-refractivity contribution is -0.119. The van der Waals surface area contributed by atoms with Gasteiger partial charge in [-0.2, -0.15) is 0 Å². The fraction of sp³-hybridized carbons (Fsp3) is 0.350. The van der Waals surface area contributed by atoms with Gasteiger partial charge < -0.3 is 14.8 Å². The van der Waals surface area contributed by atoms with Gasteiger partial charge in [0.1, 0.15) is 5.00 Å². The van der Waals surface area contributed by atoms with Crippen LogP contribution in [0.2, 0.25) is 0 Å². The molecule has 0 aliphatic rings. The predicted octanol–water partition coefficient (Wildman–Crippen LogP) is 2.55. The zero-order chi connectivity index (χ0) is 23.3. The molecule has 1 heterocycles. The number of sulfonamides is 1. The van der Waals surface area contributed by atoms with Gasteiger partial charge in [0.05, 0.1) is 22.6 Å². The number of carbonyl (C=O) groups excluding carboxylic acids is 3. The molecule has 0 aliphatic carbocycles. The Kier molecular flexibility index (Phi) is 7.93. The number of thiophene rings is 1. The van der Waals surface area contributed by atoms with Crippen molar-refractivity contribution in [3.05, 3.63) is 45.3 Å². The molecule has 0 aliphatic heterocycles. The van der Waals surface area contributed by atoms with Gasteiger partial charge in [-0.3, -0.25) is 4.79 Å². The third kappa shape index (κ3) is 5.90. The maximum absolute atomic E-state index is 12.4. The predicted molar refractivity (Wildman–Crippen MR) is 116 cm³/mol. The first-order valence-electron chi connectivity index (χ1n) is 9.39. The van der Waals surface area contributed by atoms with Crippen molar-refractivity contribution in [3.8, 4) is 0 Å². The van der Waals surface area contributed by atoms with Crippen molar-refractivity contribution in [1.82, 2.24) is 0 Å². The summed E-state index contributed by atoms with van der Waals surface area (Å²) in [5.74, 6) is -2.06. The molecule has 1 amide bonds. The van der Waals surface area contributed by atoms with E-state index in [1.165, 1.54) is 23.5 Å². The van der Waals surface area contributed by atoms with Gasteiger partial charge in [-0.25, -0.2) is 23.1 Å². The van der Waals surface area contributed by atoms with E-state index in [0.717, 1.165) is 16.5 Å². The van der Waals surface area contributed by atoms with Gasteiger partial charge in [0.25, 0.3) is 5.91 Å². The second kappa shape index (κ2) is 10.0. The van der Waals surface area contributed by atoms with E-state index in [9.17, 15) is 22.8 Å². The molecule has 0 atom stereocenters. The number of nitrogens with two attached hydrogens (primary N) is 1. The minimum Gasteiger partial charge on any atom is -0.462 e. The monoisotopic (exact) mass is 468 g/mol. The molecule has 2 rings (SSSR count). The van der Waals surface area contributed by atoms with Gasteiger partial charge >= 0.3 is 11.9 Å². The lowest BCUT2D eigenvalue weighted by Gasteiger charge is -2.10. The van der Waals surface area contributed by atoms with E-state index in [1.54, 1.807) is 13.8 Å². The zero-order valence-corrected chi connectivity index (χ0v) is 19.2. The van der Waals surface area contributed by atoms with Crippen molar-refractivity contribution in [1.29, 1.82) is 0 Å². The van der Waals surface area contributed by atoms with Crippen LogP contribution >= 0.6 is 11.3 Å². The second-order valence-electron chi connectivity index (χ2n) is 6.56. The van der Waals surface area contributed by atoms with E-state index in [4.69, 9.17) is 14.6 Å². The van der Waals surface area contributed by atoms with E-state index in [2.05, 4.69) is 5.32 Å². The molecule has 9 nitrogen and oxygen atoms in total. The fourth-order valence-corrected chi connectivity index (χ4v) is 4.57. The molecule has 0 bridgehead atoms. The maximum atomic E-state index is 12.4. The molecule has 1 aromatic heterocycles. The molecule has 1 aromatic carbocycles. The number of ether oxygens (including phenoxy) is 2. The number of carbonyl (C=O) groups is 3. The quantitative estimate of drug-likeness (QED) is 0.567. The van der Waals surface area contributed by atoms with Crippen LogP contribution in [0.15, 0.2) is 23.1 Å². The largest absolute Gasteiger partial charge is 0.462 e. The highest BCUT2D eigenvalue weighted by Gasteiger charge is 2.24. The summed E-state index contributed by atoms with van der Waals surface area (Å²) in [6.45, 7) is 6.58. The molecule has 3 N–H and O–H groups in total. The SMILES string of the molecule is CCOC(=O)c1c(NC(=O)COC(=O)c2cc(S(N)(=O)=O)ccc2C)sc(C)c1CC. The summed E-state index contributed by atoms with van der Waals surface area (Å²) in [4.78, 5) is 37.7. The Morgan fingerprint density at radius 3 is 2.35 bits per heavy atom. The van der Waals surface area contributed by atoms with Crippen molar-refractivity contribution < 1.29 is 32.3 Å². The van der Waals surface area contributed by atoms with Crippen LogP contribution < -0.4 is 10.5 Å². The smallest absolute Gasteiger partial charge is 0.341 e. The summed E-state index contributed by atoms with van der Waals surface area (Å²) in [5, 5.41) is 8.00. The zero-order valence-electron chi connectivity index (χ0n) is 17.6. The normalized spacial score (nSPS) is 11.1. The van der Waals surface area contributed by atoms with E-state index in [0.29, 0.717) is 22.5 Å². The average molecular weight is 469 g/mol. The lowest BCUT2D eigenvalue weighted by atomic mass is 10.1. The Labute approximate surface area is 184 Å². The maximum Gasteiger partial charge on any atom is 0.341 e. The third-order valence-electron chi connectivity index (χ3n) is 4.39. The summed E-state index contributed by atoms with van der Waals surface area (Å²) in [7, 11) is -4.00. The fourth-order valence-electron chi connectivity index (χ4n) is 2.88. The third-order valence-corrected chi connectivity index (χ3v) is 6.36. The van der Waals surface area contributed by atoms with Gasteiger partial charge in [-0.1, -0.05) is 13.0 Å². The molecule has 0 saturated carbocycles. The van der Waals surface area contributed by atoms with Crippen molar-refractivity contribution >= 4 is 44.2 Å². The minimum atomic E-state index is -4.00. The van der Waals surface area contributed by atoms with Crippen molar-refractivity contribution in [3.63, 3.8) is 0 Å². The number of hydrogen-bond donors (Lipinski definition) is 2. The Hall–Kier alpha value is -2.76. The number of nitrogens with one attached hydrogen (secondary N) is 1. The first-order valence-corrected chi connectivity index (χ1v) is 11.8. The number of amides is 1. The minimum absolute atomic E-state index is 0.0215. The summed E-state index contributed by atoms with van der Waals surface area (Å²) >= 11 is 1.23. The van der Waals surface area contributed by atoms with Crippen LogP contribution in [0.3, 0.4) is 0 Å². The van der Waals surface area contributed by atoms with Crippen molar-refractivity contribution in [2.24, 2.45) is 5.14 Å². The highest BCUT2D eigenvalue weighted by atomic mass is 32.2. The lowest BCUT2D eigenvalue weighted by Crippen LogP contribution is -2.22. The number of esters is 2. The molecule has 0 fully saturated rings. The first kappa shape index (κ1) is 24.5. The van der Waals surface area contributed by atoms with E-state index < -0.39 is 34.5 Å². The Balaban J connectivity index is 2.15. The van der Waals surface area contributed by atoms with E-state index in [1.807, 2.05) is 13.8 Å². The molecule has 0 saturated heterocycles. The van der Waals surface area contributed by atoms with Crippen LogP contribution in [0.4, 0.5) is 5.00 Å². The first-order chi connectivity index (χ1) is 14.5. The average Bonchev–Trinajstić information content (AvgIpc) is 3.00. The molecular weight excluding hydrogens is 444 g/mol. The Morgan fingerprint density at radius 2 is 1.77 bits per heavy atom. The van der Waals surface area contributed by atoms with Gasteiger partial charge in [0.2, 0.25) is 10.0 Å². The highest BCUT2D eigenvalue weighted by Crippen LogP contribution is 2.34. The summed E-state index contributed by atoms with van der Waals surface area (Å²) < 4.78 is 33.1.